The maximum absolute atomic E-state index is 12.4. The third kappa shape index (κ3) is 3.78. The molecule has 0 aliphatic heterocycles. The van der Waals surface area contributed by atoms with Crippen molar-refractivity contribution in [1.29, 1.82) is 10.5 Å². The van der Waals surface area contributed by atoms with Gasteiger partial charge in [0.2, 0.25) is 5.91 Å². The third-order valence-electron chi connectivity index (χ3n) is 4.21. The van der Waals surface area contributed by atoms with Crippen LogP contribution in [0.25, 0.3) is 10.9 Å². The number of rotatable bonds is 5. The molecule has 0 saturated heterocycles. The van der Waals surface area contributed by atoms with Gasteiger partial charge in [-0.1, -0.05) is 31.7 Å². The Balaban J connectivity index is 1.79. The highest BCUT2D eigenvalue weighted by molar-refractivity contribution is 8.00. The zero-order valence-corrected chi connectivity index (χ0v) is 16.2. The Kier molecular flexibility index (Phi) is 5.53. The number of hydrogen-bond acceptors (Lipinski definition) is 6. The van der Waals surface area contributed by atoms with Crippen molar-refractivity contribution < 1.29 is 4.79 Å². The molecule has 0 aliphatic rings. The second-order valence-corrected chi connectivity index (χ2v) is 7.42. The van der Waals surface area contributed by atoms with E-state index in [1.54, 1.807) is 0 Å². The Morgan fingerprint density at radius 1 is 1.29 bits per heavy atom. The first-order chi connectivity index (χ1) is 13.4. The minimum absolute atomic E-state index is 0.0628. The number of aromatic nitrogens is 2. The number of H-pyrrole nitrogens is 1. The second-order valence-electron chi connectivity index (χ2n) is 6.46. The molecule has 0 spiro atoms. The van der Waals surface area contributed by atoms with Crippen LogP contribution in [0.4, 0.5) is 11.5 Å². The molecule has 4 N–H and O–H groups in total. The van der Waals surface area contributed by atoms with Gasteiger partial charge in [0.1, 0.15) is 23.0 Å². The van der Waals surface area contributed by atoms with Gasteiger partial charge in [0.25, 0.3) is 0 Å². The van der Waals surface area contributed by atoms with E-state index in [1.807, 2.05) is 50.4 Å². The standard InChI is InChI=1S/C20H18N6OS/c1-11(2)18-14(8-21)19(23)26-20(15(18)9-22)28-10-17(27)25-13-4-3-12-5-6-24-16(12)7-13/h3-7,11,24H,10H2,1-2H3,(H2,23,26)(H,25,27). The van der Waals surface area contributed by atoms with E-state index in [-0.39, 0.29) is 29.0 Å². The minimum Gasteiger partial charge on any atom is -0.383 e. The zero-order valence-electron chi connectivity index (χ0n) is 15.4. The Bertz CT molecular complexity index is 1140. The van der Waals surface area contributed by atoms with Gasteiger partial charge in [-0.3, -0.25) is 4.79 Å². The van der Waals surface area contributed by atoms with Crippen LogP contribution in [0.2, 0.25) is 0 Å². The van der Waals surface area contributed by atoms with Crippen LogP contribution in [0.5, 0.6) is 0 Å². The Hall–Kier alpha value is -3.49. The SMILES string of the molecule is CC(C)c1c(C#N)c(N)nc(SCC(=O)Nc2ccc3cc[nH]c3c2)c1C#N. The van der Waals surface area contributed by atoms with Gasteiger partial charge in [0.15, 0.2) is 0 Å². The van der Waals surface area contributed by atoms with Gasteiger partial charge in [-0.15, -0.1) is 0 Å². The fraction of sp³-hybridized carbons (Fsp3) is 0.200. The summed E-state index contributed by atoms with van der Waals surface area (Å²) >= 11 is 1.13. The summed E-state index contributed by atoms with van der Waals surface area (Å²) < 4.78 is 0. The van der Waals surface area contributed by atoms with Crippen LogP contribution in [0.3, 0.4) is 0 Å². The molecule has 3 aromatic rings. The number of nitrogens with two attached hydrogens (primary N) is 1. The summed E-state index contributed by atoms with van der Waals surface area (Å²) in [5.74, 6) is -0.163. The first-order valence-corrected chi connectivity index (χ1v) is 9.56. The molecule has 1 amide bonds. The Morgan fingerprint density at radius 2 is 2.04 bits per heavy atom. The lowest BCUT2D eigenvalue weighted by Gasteiger charge is -2.15. The largest absolute Gasteiger partial charge is 0.383 e. The summed E-state index contributed by atoms with van der Waals surface area (Å²) in [7, 11) is 0. The van der Waals surface area contributed by atoms with Crippen molar-refractivity contribution in [3.63, 3.8) is 0 Å². The van der Waals surface area contributed by atoms with E-state index in [1.165, 1.54) is 0 Å². The molecule has 0 bridgehead atoms. The van der Waals surface area contributed by atoms with Gasteiger partial charge >= 0.3 is 0 Å². The van der Waals surface area contributed by atoms with Crippen LogP contribution in [0.1, 0.15) is 36.5 Å². The summed E-state index contributed by atoms with van der Waals surface area (Å²) in [4.78, 5) is 19.6. The molecular weight excluding hydrogens is 372 g/mol. The van der Waals surface area contributed by atoms with Crippen molar-refractivity contribution in [2.24, 2.45) is 0 Å². The molecule has 0 radical (unpaired) electrons. The van der Waals surface area contributed by atoms with Crippen LogP contribution >= 0.6 is 11.8 Å². The summed E-state index contributed by atoms with van der Waals surface area (Å²) in [5.41, 5.74) is 8.60. The Morgan fingerprint density at radius 3 is 2.71 bits per heavy atom. The normalized spacial score (nSPS) is 10.6. The third-order valence-corrected chi connectivity index (χ3v) is 5.19. The number of carbonyl (C=O) groups excluding carboxylic acids is 1. The van der Waals surface area contributed by atoms with Crippen molar-refractivity contribution in [3.8, 4) is 12.1 Å². The van der Waals surface area contributed by atoms with Crippen LogP contribution in [-0.4, -0.2) is 21.6 Å². The van der Waals surface area contributed by atoms with E-state index in [0.717, 1.165) is 22.7 Å². The van der Waals surface area contributed by atoms with Crippen molar-refractivity contribution in [3.05, 3.63) is 47.2 Å². The lowest BCUT2D eigenvalue weighted by Crippen LogP contribution is -2.15. The monoisotopic (exact) mass is 390 g/mol. The highest BCUT2D eigenvalue weighted by atomic mass is 32.2. The van der Waals surface area contributed by atoms with Gasteiger partial charge in [0.05, 0.1) is 16.9 Å². The van der Waals surface area contributed by atoms with Gasteiger partial charge in [-0.05, 0) is 35.1 Å². The van der Waals surface area contributed by atoms with Crippen molar-refractivity contribution in [2.75, 3.05) is 16.8 Å². The summed E-state index contributed by atoms with van der Waals surface area (Å²) in [5, 5.41) is 23.2. The predicted octanol–water partition coefficient (Wildman–Crippen LogP) is 3.74. The average molecular weight is 390 g/mol. The molecule has 8 heteroatoms. The molecule has 0 unspecified atom stereocenters. The van der Waals surface area contributed by atoms with E-state index < -0.39 is 0 Å². The first kappa shape index (κ1) is 19.3. The first-order valence-electron chi connectivity index (χ1n) is 8.58. The van der Waals surface area contributed by atoms with Crippen LogP contribution in [0.15, 0.2) is 35.5 Å². The number of fused-ring (bicyclic) bond motifs is 1. The predicted molar refractivity (Wildman–Crippen MR) is 110 cm³/mol. The van der Waals surface area contributed by atoms with Crippen LogP contribution in [-0.2, 0) is 4.79 Å². The Labute approximate surface area is 166 Å². The molecular formula is C20H18N6OS. The number of nitrogens with zero attached hydrogens (tertiary/aromatic N) is 3. The number of nitrogens with one attached hydrogen (secondary N) is 2. The van der Waals surface area contributed by atoms with Crippen molar-refractivity contribution in [2.45, 2.75) is 24.8 Å². The van der Waals surface area contributed by atoms with E-state index in [4.69, 9.17) is 5.73 Å². The minimum atomic E-state index is -0.226. The van der Waals surface area contributed by atoms with E-state index in [9.17, 15) is 15.3 Å². The molecule has 7 nitrogen and oxygen atoms in total. The smallest absolute Gasteiger partial charge is 0.234 e. The number of hydrogen-bond donors (Lipinski definition) is 3. The molecule has 1 aromatic carbocycles. The van der Waals surface area contributed by atoms with Gasteiger partial charge in [-0.2, -0.15) is 10.5 Å². The van der Waals surface area contributed by atoms with Crippen LogP contribution < -0.4 is 11.1 Å². The summed E-state index contributed by atoms with van der Waals surface area (Å²) in [6.45, 7) is 3.77. The zero-order chi connectivity index (χ0) is 20.3. The molecule has 2 heterocycles. The maximum Gasteiger partial charge on any atom is 0.234 e. The van der Waals surface area contributed by atoms with Gasteiger partial charge in [-0.25, -0.2) is 4.98 Å². The number of amides is 1. The van der Waals surface area contributed by atoms with E-state index >= 15 is 0 Å². The maximum atomic E-state index is 12.4. The average Bonchev–Trinajstić information content (AvgIpc) is 3.13. The van der Waals surface area contributed by atoms with Crippen LogP contribution in [0, 0.1) is 22.7 Å². The number of benzene rings is 1. The molecule has 0 fully saturated rings. The van der Waals surface area contributed by atoms with E-state index in [2.05, 4.69) is 21.4 Å². The van der Waals surface area contributed by atoms with Gasteiger partial charge in [0, 0.05) is 17.4 Å². The molecule has 140 valence electrons. The molecule has 0 atom stereocenters. The molecule has 0 aliphatic carbocycles. The molecule has 3 rings (SSSR count). The fourth-order valence-electron chi connectivity index (χ4n) is 2.96. The number of carbonyl (C=O) groups is 1. The number of aromatic amines is 1. The van der Waals surface area contributed by atoms with E-state index in [0.29, 0.717) is 21.8 Å². The summed E-state index contributed by atoms with van der Waals surface area (Å²) in [6.07, 6.45) is 1.84. The topological polar surface area (TPSA) is 131 Å². The number of thioether (sulfide) groups is 1. The number of nitrogen functional groups attached to an aromatic ring is 1. The number of nitriles is 2. The highest BCUT2D eigenvalue weighted by Gasteiger charge is 2.21. The lowest BCUT2D eigenvalue weighted by molar-refractivity contribution is -0.113. The highest BCUT2D eigenvalue weighted by Crippen LogP contribution is 2.33. The lowest BCUT2D eigenvalue weighted by atomic mass is 9.94. The summed E-state index contributed by atoms with van der Waals surface area (Å²) in [6, 6.07) is 11.7. The number of pyridine rings is 1. The molecule has 28 heavy (non-hydrogen) atoms. The second kappa shape index (κ2) is 8.03. The molecule has 0 saturated carbocycles. The quantitative estimate of drug-likeness (QED) is 0.569. The number of anilines is 2. The van der Waals surface area contributed by atoms with Crippen molar-refractivity contribution >= 4 is 40.1 Å². The van der Waals surface area contributed by atoms with Gasteiger partial charge < -0.3 is 16.0 Å². The van der Waals surface area contributed by atoms with Crippen molar-refractivity contribution in [1.82, 2.24) is 9.97 Å². The fourth-order valence-corrected chi connectivity index (χ4v) is 3.77. The molecule has 2 aromatic heterocycles.